The highest BCUT2D eigenvalue weighted by Gasteiger charge is 2.04. The third-order valence-electron chi connectivity index (χ3n) is 1.58. The van der Waals surface area contributed by atoms with E-state index in [0.717, 1.165) is 0 Å². The van der Waals surface area contributed by atoms with E-state index in [4.69, 9.17) is 4.74 Å². The molecular weight excluding hydrogens is 192 g/mol. The molecular formula is C10H10N4O. The summed E-state index contributed by atoms with van der Waals surface area (Å²) in [5, 5.41) is 5.73. The van der Waals surface area contributed by atoms with E-state index < -0.39 is 0 Å². The fourth-order valence-corrected chi connectivity index (χ4v) is 0.948. The molecule has 0 saturated heterocycles. The first kappa shape index (κ1) is 9.26. The molecule has 0 unspecified atom stereocenters. The maximum Gasteiger partial charge on any atom is 0.301 e. The molecule has 76 valence electrons. The summed E-state index contributed by atoms with van der Waals surface area (Å²) in [5.74, 6) is 0. The fourth-order valence-electron chi connectivity index (χ4n) is 0.948. The summed E-state index contributed by atoms with van der Waals surface area (Å²) in [7, 11) is 0. The molecule has 2 heterocycles. The van der Waals surface area contributed by atoms with Crippen molar-refractivity contribution in [1.82, 2.24) is 10.6 Å². The van der Waals surface area contributed by atoms with Crippen LogP contribution in [0, 0.1) is 0 Å². The van der Waals surface area contributed by atoms with Crippen molar-refractivity contribution in [2.45, 2.75) is 0 Å². The zero-order valence-electron chi connectivity index (χ0n) is 7.92. The second-order valence-electron chi connectivity index (χ2n) is 2.66. The Hall–Kier alpha value is -2.30. The molecule has 5 heteroatoms. The third-order valence-corrected chi connectivity index (χ3v) is 1.58. The third kappa shape index (κ3) is 2.84. The summed E-state index contributed by atoms with van der Waals surface area (Å²) in [6.07, 6.45) is 14.0. The topological polar surface area (TPSA) is 58.0 Å². The lowest BCUT2D eigenvalue weighted by molar-refractivity contribution is 0.503. The summed E-state index contributed by atoms with van der Waals surface area (Å²) < 4.78 is 5.36. The van der Waals surface area contributed by atoms with Crippen molar-refractivity contribution >= 4 is 12.0 Å². The highest BCUT2D eigenvalue weighted by molar-refractivity contribution is 5.90. The van der Waals surface area contributed by atoms with Crippen LogP contribution in [-0.4, -0.2) is 12.0 Å². The van der Waals surface area contributed by atoms with E-state index in [-0.39, 0.29) is 0 Å². The molecule has 2 N–H and O–H groups in total. The van der Waals surface area contributed by atoms with Gasteiger partial charge in [0.1, 0.15) is 0 Å². The SMILES string of the molecule is C1=CN=C(OC2=NC=CC=CN2)NC=C1. The first-order chi connectivity index (χ1) is 7.45. The lowest BCUT2D eigenvalue weighted by Crippen LogP contribution is -2.29. The van der Waals surface area contributed by atoms with Crippen LogP contribution in [0.3, 0.4) is 0 Å². The molecule has 0 saturated carbocycles. The number of aliphatic imine (C=N–C) groups is 2. The summed E-state index contributed by atoms with van der Waals surface area (Å²) in [6, 6.07) is 0.741. The molecule has 0 radical (unpaired) electrons. The first-order valence-corrected chi connectivity index (χ1v) is 4.45. The lowest BCUT2D eigenvalue weighted by atomic mass is 10.6. The van der Waals surface area contributed by atoms with Gasteiger partial charge in [0.2, 0.25) is 0 Å². The van der Waals surface area contributed by atoms with Crippen molar-refractivity contribution in [2.75, 3.05) is 0 Å². The number of amidine groups is 2. The van der Waals surface area contributed by atoms with E-state index in [9.17, 15) is 0 Å². The Morgan fingerprint density at radius 3 is 1.87 bits per heavy atom. The lowest BCUT2D eigenvalue weighted by Gasteiger charge is -2.07. The van der Waals surface area contributed by atoms with E-state index in [0.29, 0.717) is 12.0 Å². The Morgan fingerprint density at radius 1 is 0.800 bits per heavy atom. The highest BCUT2D eigenvalue weighted by Crippen LogP contribution is 1.93. The Kier molecular flexibility index (Phi) is 2.97. The molecule has 0 bridgehead atoms. The fraction of sp³-hybridized carbons (Fsp3) is 0. The Balaban J connectivity index is 2.02. The average molecular weight is 202 g/mol. The number of ether oxygens (including phenoxy) is 1. The van der Waals surface area contributed by atoms with Gasteiger partial charge in [-0.05, 0) is 24.3 Å². The van der Waals surface area contributed by atoms with Gasteiger partial charge in [0.05, 0.1) is 0 Å². The number of nitrogens with one attached hydrogen (secondary N) is 2. The molecule has 0 aromatic heterocycles. The van der Waals surface area contributed by atoms with Crippen LogP contribution in [0.4, 0.5) is 0 Å². The van der Waals surface area contributed by atoms with Crippen LogP contribution in [0.2, 0.25) is 0 Å². The molecule has 0 atom stereocenters. The number of rotatable bonds is 0. The molecule has 0 fully saturated rings. The van der Waals surface area contributed by atoms with Crippen LogP contribution in [0.1, 0.15) is 0 Å². The molecule has 5 nitrogen and oxygen atoms in total. The standard InChI is InChI=1S/C10H10N4O/c1-2-6-12-9(11-5-1)15-10-13-7-3-4-8-14-10/h1-8H,(H,11,12)(H,13,14). The molecule has 0 aromatic rings. The molecule has 15 heavy (non-hydrogen) atoms. The molecule has 2 aliphatic heterocycles. The van der Waals surface area contributed by atoms with Crippen LogP contribution in [0.5, 0.6) is 0 Å². The normalized spacial score (nSPS) is 18.1. The van der Waals surface area contributed by atoms with Gasteiger partial charge in [-0.2, -0.15) is 0 Å². The minimum absolute atomic E-state index is 0.370. The first-order valence-electron chi connectivity index (χ1n) is 4.45. The Labute approximate surface area is 87.3 Å². The summed E-state index contributed by atoms with van der Waals surface area (Å²) >= 11 is 0. The van der Waals surface area contributed by atoms with Gasteiger partial charge in [-0.25, -0.2) is 9.98 Å². The second kappa shape index (κ2) is 4.80. The van der Waals surface area contributed by atoms with Crippen molar-refractivity contribution in [2.24, 2.45) is 9.98 Å². The van der Waals surface area contributed by atoms with Crippen LogP contribution >= 0.6 is 0 Å². The van der Waals surface area contributed by atoms with E-state index in [2.05, 4.69) is 20.6 Å². The van der Waals surface area contributed by atoms with Crippen molar-refractivity contribution in [3.8, 4) is 0 Å². The van der Waals surface area contributed by atoms with Crippen molar-refractivity contribution in [3.05, 3.63) is 49.1 Å². The van der Waals surface area contributed by atoms with Gasteiger partial charge >= 0.3 is 12.0 Å². The summed E-state index contributed by atoms with van der Waals surface area (Å²) in [5.41, 5.74) is 0. The summed E-state index contributed by atoms with van der Waals surface area (Å²) in [4.78, 5) is 8.04. The van der Waals surface area contributed by atoms with Crippen LogP contribution in [0.25, 0.3) is 0 Å². The number of hydrogen-bond donors (Lipinski definition) is 2. The van der Waals surface area contributed by atoms with Crippen molar-refractivity contribution in [1.29, 1.82) is 0 Å². The summed E-state index contributed by atoms with van der Waals surface area (Å²) in [6.45, 7) is 0. The predicted octanol–water partition coefficient (Wildman–Crippen LogP) is 0.976. The number of allylic oxidation sites excluding steroid dienone is 4. The minimum Gasteiger partial charge on any atom is -0.391 e. The van der Waals surface area contributed by atoms with Crippen molar-refractivity contribution in [3.63, 3.8) is 0 Å². The Bertz CT molecular complexity index is 364. The van der Waals surface area contributed by atoms with Gasteiger partial charge in [-0.3, -0.25) is 0 Å². The number of hydrogen-bond acceptors (Lipinski definition) is 5. The average Bonchev–Trinajstić information content (AvgIpc) is 2.63. The largest absolute Gasteiger partial charge is 0.391 e. The predicted molar refractivity (Wildman–Crippen MR) is 58.8 cm³/mol. The maximum absolute atomic E-state index is 5.36. The van der Waals surface area contributed by atoms with E-state index >= 15 is 0 Å². The molecule has 0 aromatic carbocycles. The van der Waals surface area contributed by atoms with Crippen LogP contribution < -0.4 is 10.6 Å². The Morgan fingerprint density at radius 2 is 1.33 bits per heavy atom. The van der Waals surface area contributed by atoms with Crippen LogP contribution in [-0.2, 0) is 4.74 Å². The molecule has 2 rings (SSSR count). The quantitative estimate of drug-likeness (QED) is 0.615. The monoisotopic (exact) mass is 202 g/mol. The van der Waals surface area contributed by atoms with Gasteiger partial charge < -0.3 is 15.4 Å². The zero-order chi connectivity index (χ0) is 10.3. The van der Waals surface area contributed by atoms with Gasteiger partial charge in [0.15, 0.2) is 0 Å². The van der Waals surface area contributed by atoms with Crippen molar-refractivity contribution < 1.29 is 4.74 Å². The smallest absolute Gasteiger partial charge is 0.301 e. The van der Waals surface area contributed by atoms with Gasteiger partial charge in [0, 0.05) is 24.8 Å². The molecule has 2 aliphatic rings. The van der Waals surface area contributed by atoms with Gasteiger partial charge in [-0.15, -0.1) is 0 Å². The maximum atomic E-state index is 5.36. The van der Waals surface area contributed by atoms with E-state index in [1.54, 1.807) is 37.0 Å². The molecule has 0 amide bonds. The van der Waals surface area contributed by atoms with E-state index in [1.807, 2.05) is 12.2 Å². The highest BCUT2D eigenvalue weighted by atomic mass is 16.5. The zero-order valence-corrected chi connectivity index (χ0v) is 7.92. The van der Waals surface area contributed by atoms with E-state index in [1.165, 1.54) is 0 Å². The van der Waals surface area contributed by atoms with Gasteiger partial charge in [0.25, 0.3) is 0 Å². The van der Waals surface area contributed by atoms with Crippen LogP contribution in [0.15, 0.2) is 59.1 Å². The van der Waals surface area contributed by atoms with Gasteiger partial charge in [-0.1, -0.05) is 0 Å². The number of nitrogens with zero attached hydrogens (tertiary/aromatic N) is 2. The molecule has 0 aliphatic carbocycles. The second-order valence-corrected chi connectivity index (χ2v) is 2.66. The minimum atomic E-state index is 0.370. The molecule has 0 spiro atoms.